The molecule has 1 aliphatic carbocycles. The van der Waals surface area contributed by atoms with Crippen LogP contribution in [0.5, 0.6) is 5.75 Å². The normalized spacial score (nSPS) is 22.9. The van der Waals surface area contributed by atoms with Crippen molar-refractivity contribution < 1.29 is 9.84 Å². The van der Waals surface area contributed by atoms with Crippen molar-refractivity contribution >= 4 is 22.8 Å². The molecule has 6 rings (SSSR count). The Morgan fingerprint density at radius 1 is 1.20 bits per heavy atom. The molecule has 3 fully saturated rings. The van der Waals surface area contributed by atoms with E-state index in [1.165, 1.54) is 18.4 Å². The van der Waals surface area contributed by atoms with Gasteiger partial charge in [0.05, 0.1) is 32.5 Å². The summed E-state index contributed by atoms with van der Waals surface area (Å²) in [6.45, 7) is 3.80. The molecule has 3 aromatic rings. The average molecular weight is 479 g/mol. The number of anilines is 2. The Bertz CT molecular complexity index is 1230. The summed E-state index contributed by atoms with van der Waals surface area (Å²) in [5.41, 5.74) is 9.72. The van der Waals surface area contributed by atoms with Gasteiger partial charge in [-0.3, -0.25) is 14.5 Å². The van der Waals surface area contributed by atoms with Gasteiger partial charge < -0.3 is 20.9 Å². The SMILES string of the molecule is COc1cc(CN2C[C@H]3C2CN3C)ccc1Cn1ncc2nc(N)nc(N[C@H](CO)CC3CC3)c21. The van der Waals surface area contributed by atoms with Crippen LogP contribution in [-0.4, -0.2) is 86.6 Å². The zero-order valence-corrected chi connectivity index (χ0v) is 20.4. The van der Waals surface area contributed by atoms with Crippen LogP contribution < -0.4 is 15.8 Å². The number of rotatable bonds is 10. The van der Waals surface area contributed by atoms with Crippen molar-refractivity contribution in [3.05, 3.63) is 35.5 Å². The molecule has 35 heavy (non-hydrogen) atoms. The number of nitrogen functional groups attached to an aromatic ring is 1. The number of hydrogen-bond donors (Lipinski definition) is 3. The van der Waals surface area contributed by atoms with Gasteiger partial charge >= 0.3 is 0 Å². The third-order valence-electron chi connectivity index (χ3n) is 7.81. The lowest BCUT2D eigenvalue weighted by molar-refractivity contribution is -0.115. The van der Waals surface area contributed by atoms with Crippen molar-refractivity contribution in [1.29, 1.82) is 0 Å². The van der Waals surface area contributed by atoms with E-state index in [9.17, 15) is 5.11 Å². The lowest BCUT2D eigenvalue weighted by Crippen LogP contribution is -2.77. The van der Waals surface area contributed by atoms with Crippen LogP contribution in [0.25, 0.3) is 11.0 Å². The molecular formula is C25H34N8O2. The predicted molar refractivity (Wildman–Crippen MR) is 134 cm³/mol. The smallest absolute Gasteiger partial charge is 0.222 e. The highest BCUT2D eigenvalue weighted by Crippen LogP contribution is 2.35. The summed E-state index contributed by atoms with van der Waals surface area (Å²) < 4.78 is 7.65. The molecule has 2 saturated heterocycles. The summed E-state index contributed by atoms with van der Waals surface area (Å²) in [6.07, 6.45) is 5.08. The lowest BCUT2D eigenvalue weighted by atomic mass is 9.86. The predicted octanol–water partition coefficient (Wildman–Crippen LogP) is 1.54. The summed E-state index contributed by atoms with van der Waals surface area (Å²) in [5, 5.41) is 17.9. The van der Waals surface area contributed by atoms with Crippen molar-refractivity contribution in [1.82, 2.24) is 29.5 Å². The van der Waals surface area contributed by atoms with Crippen LogP contribution in [0.2, 0.25) is 0 Å². The van der Waals surface area contributed by atoms with E-state index in [1.807, 2.05) is 4.68 Å². The Hall–Kier alpha value is -2.95. The van der Waals surface area contributed by atoms with E-state index in [2.05, 4.69) is 55.4 Å². The number of ether oxygens (including phenoxy) is 1. The molecule has 3 aliphatic rings. The third-order valence-corrected chi connectivity index (χ3v) is 7.81. The van der Waals surface area contributed by atoms with Crippen LogP contribution in [0.15, 0.2) is 24.4 Å². The van der Waals surface area contributed by atoms with Crippen molar-refractivity contribution in [3.8, 4) is 5.75 Å². The van der Waals surface area contributed by atoms with Gasteiger partial charge in [0.25, 0.3) is 0 Å². The monoisotopic (exact) mass is 478 g/mol. The quantitative estimate of drug-likeness (QED) is 0.399. The highest BCUT2D eigenvalue weighted by molar-refractivity contribution is 5.86. The molecular weight excluding hydrogens is 444 g/mol. The highest BCUT2D eigenvalue weighted by Gasteiger charge is 2.49. The molecule has 1 aromatic carbocycles. The van der Waals surface area contributed by atoms with Crippen LogP contribution in [-0.2, 0) is 13.1 Å². The summed E-state index contributed by atoms with van der Waals surface area (Å²) in [4.78, 5) is 13.8. The number of likely N-dealkylation sites (tertiary alicyclic amines) is 2. The Balaban J connectivity index is 1.23. The van der Waals surface area contributed by atoms with Gasteiger partial charge in [0.2, 0.25) is 5.95 Å². The first-order valence-corrected chi connectivity index (χ1v) is 12.5. The number of nitrogens with two attached hydrogens (primary N) is 1. The Morgan fingerprint density at radius 2 is 2.06 bits per heavy atom. The van der Waals surface area contributed by atoms with E-state index < -0.39 is 0 Å². The second-order valence-corrected chi connectivity index (χ2v) is 10.3. The molecule has 186 valence electrons. The van der Waals surface area contributed by atoms with E-state index in [4.69, 9.17) is 10.5 Å². The van der Waals surface area contributed by atoms with Crippen molar-refractivity contribution in [2.75, 3.05) is 44.9 Å². The topological polar surface area (TPSA) is 118 Å². The van der Waals surface area contributed by atoms with Crippen LogP contribution in [0.3, 0.4) is 0 Å². The number of benzene rings is 1. The Morgan fingerprint density at radius 3 is 2.74 bits per heavy atom. The van der Waals surface area contributed by atoms with E-state index >= 15 is 0 Å². The minimum Gasteiger partial charge on any atom is -0.496 e. The molecule has 4 N–H and O–H groups in total. The van der Waals surface area contributed by atoms with Crippen LogP contribution in [0, 0.1) is 5.92 Å². The minimum absolute atomic E-state index is 0.0419. The maximum Gasteiger partial charge on any atom is 0.222 e. The highest BCUT2D eigenvalue weighted by atomic mass is 16.5. The van der Waals surface area contributed by atoms with Gasteiger partial charge in [0.15, 0.2) is 5.82 Å². The average Bonchev–Trinajstić information content (AvgIpc) is 3.58. The fourth-order valence-electron chi connectivity index (χ4n) is 5.53. The molecule has 2 aromatic heterocycles. The maximum absolute atomic E-state index is 9.90. The summed E-state index contributed by atoms with van der Waals surface area (Å²) in [5.74, 6) is 2.32. The van der Waals surface area contributed by atoms with Crippen molar-refractivity contribution in [3.63, 3.8) is 0 Å². The number of nitrogens with one attached hydrogen (secondary N) is 1. The van der Waals surface area contributed by atoms with E-state index in [-0.39, 0.29) is 18.6 Å². The van der Waals surface area contributed by atoms with Gasteiger partial charge in [0.1, 0.15) is 16.8 Å². The van der Waals surface area contributed by atoms with Gasteiger partial charge in [-0.15, -0.1) is 0 Å². The van der Waals surface area contributed by atoms with Gasteiger partial charge in [0, 0.05) is 37.3 Å². The van der Waals surface area contributed by atoms with Crippen LogP contribution in [0.4, 0.5) is 11.8 Å². The number of hydrogen-bond acceptors (Lipinski definition) is 9. The molecule has 10 nitrogen and oxygen atoms in total. The van der Waals surface area contributed by atoms with Gasteiger partial charge in [-0.05, 0) is 31.0 Å². The lowest BCUT2D eigenvalue weighted by Gasteiger charge is -2.61. The van der Waals surface area contributed by atoms with E-state index in [0.717, 1.165) is 48.9 Å². The first kappa shape index (κ1) is 22.5. The number of methoxy groups -OCH3 is 1. The van der Waals surface area contributed by atoms with Crippen molar-refractivity contribution in [2.24, 2.45) is 5.92 Å². The number of aliphatic hydroxyl groups excluding tert-OH is 1. The zero-order valence-electron chi connectivity index (χ0n) is 20.4. The van der Waals surface area contributed by atoms with Gasteiger partial charge in [-0.1, -0.05) is 25.0 Å². The summed E-state index contributed by atoms with van der Waals surface area (Å²) in [7, 11) is 3.91. The van der Waals surface area contributed by atoms with Gasteiger partial charge in [-0.25, -0.2) is 4.98 Å². The maximum atomic E-state index is 9.90. The number of likely N-dealkylation sites (N-methyl/N-ethyl adjacent to an activating group) is 1. The number of aliphatic hydroxyl groups is 1. The largest absolute Gasteiger partial charge is 0.496 e. The molecule has 0 radical (unpaired) electrons. The van der Waals surface area contributed by atoms with Crippen LogP contribution >= 0.6 is 0 Å². The van der Waals surface area contributed by atoms with E-state index in [0.29, 0.717) is 29.8 Å². The third kappa shape index (κ3) is 4.30. The molecule has 10 heteroatoms. The van der Waals surface area contributed by atoms with Crippen LogP contribution in [0.1, 0.15) is 30.4 Å². The summed E-state index contributed by atoms with van der Waals surface area (Å²) in [6, 6.07) is 7.81. The number of aromatic nitrogens is 4. The molecule has 4 heterocycles. The molecule has 1 unspecified atom stereocenters. The minimum atomic E-state index is -0.0753. The fourth-order valence-corrected chi connectivity index (χ4v) is 5.53. The number of piperazine rings is 1. The number of fused-ring (bicyclic) bond motifs is 2. The molecule has 0 spiro atoms. The zero-order chi connectivity index (χ0) is 24.1. The Kier molecular flexibility index (Phi) is 5.74. The standard InChI is InChI=1S/C25H34N8O2/c1-31-12-21-20(31)13-32(21)10-16-5-6-17(22(8-16)35-2)11-33-23-19(9-27-33)29-25(26)30-24(23)28-18(14-34)7-15-3-4-15/h5-6,8-9,15,18,20-21,34H,3-4,7,10-14H2,1-2H3,(H3,26,28,29,30)/t18-,20-,21?/m0/s1. The first-order chi connectivity index (χ1) is 17.0. The summed E-state index contributed by atoms with van der Waals surface area (Å²) >= 11 is 0. The Labute approximate surface area is 205 Å². The molecule has 3 atom stereocenters. The molecule has 0 amide bonds. The fraction of sp³-hybridized carbons (Fsp3) is 0.560. The second kappa shape index (κ2) is 8.92. The van der Waals surface area contributed by atoms with E-state index in [1.54, 1.807) is 13.3 Å². The molecule has 2 aliphatic heterocycles. The molecule has 0 bridgehead atoms. The molecule has 1 saturated carbocycles. The first-order valence-electron chi connectivity index (χ1n) is 12.5. The van der Waals surface area contributed by atoms with Crippen molar-refractivity contribution in [2.45, 2.75) is 50.5 Å². The second-order valence-electron chi connectivity index (χ2n) is 10.3. The van der Waals surface area contributed by atoms with Gasteiger partial charge in [-0.2, -0.15) is 10.1 Å². The number of nitrogens with zero attached hydrogens (tertiary/aromatic N) is 6.